The van der Waals surface area contributed by atoms with Gasteiger partial charge in [-0.15, -0.1) is 0 Å². The van der Waals surface area contributed by atoms with Crippen LogP contribution in [0.3, 0.4) is 0 Å². The van der Waals surface area contributed by atoms with Crippen molar-refractivity contribution in [2.45, 2.75) is 64.6 Å². The maximum atomic E-state index is 6.28. The summed E-state index contributed by atoms with van der Waals surface area (Å²) in [6.45, 7) is 2.85. The molecule has 1 atom stereocenters. The van der Waals surface area contributed by atoms with Gasteiger partial charge in [0.25, 0.3) is 0 Å². The molecule has 0 saturated heterocycles. The number of hydrogen-bond acceptors (Lipinski definition) is 2. The number of aryl methyl sites for hydroxylation is 1. The number of unbranched alkanes of at least 4 members (excludes halogenated alkanes) is 3. The van der Waals surface area contributed by atoms with Crippen molar-refractivity contribution in [3.05, 3.63) is 83.9 Å². The minimum absolute atomic E-state index is 0.390. The lowest BCUT2D eigenvalue weighted by Crippen LogP contribution is -2.22. The first kappa shape index (κ1) is 20.5. The average molecular weight is 401 g/mol. The summed E-state index contributed by atoms with van der Waals surface area (Å²) >= 11 is 0. The second kappa shape index (κ2) is 10.3. The summed E-state index contributed by atoms with van der Waals surface area (Å²) in [5.74, 6) is 1.98. The second-order valence-electron chi connectivity index (χ2n) is 8.25. The van der Waals surface area contributed by atoms with Gasteiger partial charge < -0.3 is 9.47 Å². The highest BCUT2D eigenvalue weighted by atomic mass is 16.5. The molecule has 3 aromatic carbocycles. The smallest absolute Gasteiger partial charge is 0.122 e. The standard InChI is InChI=1S/C28H32O2/c1-2-3-4-8-11-27-18-14-25-20-24(15-19-28(25)30-27)23-12-16-26(17-13-23)29-21-22-9-6-5-7-10-22/h5-7,9-10,12-13,15-17,19-20,27H,2-4,8,11,14,18,21H2,1H3. The summed E-state index contributed by atoms with van der Waals surface area (Å²) in [5.41, 5.74) is 4.97. The van der Waals surface area contributed by atoms with Crippen LogP contribution < -0.4 is 9.47 Å². The first-order valence-electron chi connectivity index (χ1n) is 11.4. The fourth-order valence-corrected chi connectivity index (χ4v) is 4.11. The van der Waals surface area contributed by atoms with Crippen molar-refractivity contribution in [2.75, 3.05) is 0 Å². The maximum Gasteiger partial charge on any atom is 0.122 e. The number of benzene rings is 3. The van der Waals surface area contributed by atoms with Crippen LogP contribution in [0.4, 0.5) is 0 Å². The second-order valence-corrected chi connectivity index (χ2v) is 8.25. The van der Waals surface area contributed by atoms with E-state index in [9.17, 15) is 0 Å². The molecule has 0 aromatic heterocycles. The van der Waals surface area contributed by atoms with Crippen LogP contribution in [0.2, 0.25) is 0 Å². The number of hydrogen-bond donors (Lipinski definition) is 0. The van der Waals surface area contributed by atoms with Crippen molar-refractivity contribution >= 4 is 0 Å². The predicted octanol–water partition coefficient (Wildman–Crippen LogP) is 7.60. The van der Waals surface area contributed by atoms with Crippen molar-refractivity contribution in [3.63, 3.8) is 0 Å². The summed E-state index contributed by atoms with van der Waals surface area (Å²) < 4.78 is 12.2. The molecule has 2 heteroatoms. The molecule has 0 fully saturated rings. The fraction of sp³-hybridized carbons (Fsp3) is 0.357. The molecule has 1 unspecified atom stereocenters. The van der Waals surface area contributed by atoms with Crippen LogP contribution in [0.25, 0.3) is 11.1 Å². The zero-order valence-corrected chi connectivity index (χ0v) is 18.0. The molecule has 0 aliphatic carbocycles. The molecule has 0 bridgehead atoms. The van der Waals surface area contributed by atoms with Gasteiger partial charge in [0.2, 0.25) is 0 Å². The third-order valence-corrected chi connectivity index (χ3v) is 5.91. The lowest BCUT2D eigenvalue weighted by Gasteiger charge is -2.26. The molecular formula is C28H32O2. The van der Waals surface area contributed by atoms with Gasteiger partial charge >= 0.3 is 0 Å². The van der Waals surface area contributed by atoms with E-state index in [-0.39, 0.29) is 0 Å². The van der Waals surface area contributed by atoms with Crippen molar-refractivity contribution in [3.8, 4) is 22.6 Å². The Bertz CT molecular complexity index is 915. The molecule has 2 nitrogen and oxygen atoms in total. The summed E-state index contributed by atoms with van der Waals surface area (Å²) in [6, 6.07) is 25.3. The lowest BCUT2D eigenvalue weighted by molar-refractivity contribution is 0.160. The highest BCUT2D eigenvalue weighted by molar-refractivity contribution is 5.66. The van der Waals surface area contributed by atoms with E-state index in [1.54, 1.807) is 0 Å². The van der Waals surface area contributed by atoms with Gasteiger partial charge in [-0.25, -0.2) is 0 Å². The molecule has 1 aliphatic rings. The molecule has 3 aromatic rings. The topological polar surface area (TPSA) is 18.5 Å². The van der Waals surface area contributed by atoms with Crippen LogP contribution >= 0.6 is 0 Å². The van der Waals surface area contributed by atoms with E-state index >= 15 is 0 Å². The monoisotopic (exact) mass is 400 g/mol. The van der Waals surface area contributed by atoms with Crippen LogP contribution in [-0.2, 0) is 13.0 Å². The minimum Gasteiger partial charge on any atom is -0.490 e. The highest BCUT2D eigenvalue weighted by Gasteiger charge is 2.19. The van der Waals surface area contributed by atoms with Crippen molar-refractivity contribution < 1.29 is 9.47 Å². The van der Waals surface area contributed by atoms with Gasteiger partial charge in [0, 0.05) is 0 Å². The molecule has 1 heterocycles. The van der Waals surface area contributed by atoms with Crippen LogP contribution in [0.5, 0.6) is 11.5 Å². The molecule has 0 radical (unpaired) electrons. The Kier molecular flexibility index (Phi) is 7.07. The molecule has 1 aliphatic heterocycles. The van der Waals surface area contributed by atoms with Gasteiger partial charge in [-0.1, -0.05) is 74.7 Å². The Hall–Kier alpha value is -2.74. The molecule has 0 saturated carbocycles. The highest BCUT2D eigenvalue weighted by Crippen LogP contribution is 2.33. The average Bonchev–Trinajstić information content (AvgIpc) is 2.81. The minimum atomic E-state index is 0.390. The summed E-state index contributed by atoms with van der Waals surface area (Å²) in [7, 11) is 0. The van der Waals surface area contributed by atoms with Gasteiger partial charge in [-0.3, -0.25) is 0 Å². The van der Waals surface area contributed by atoms with Gasteiger partial charge in [-0.2, -0.15) is 0 Å². The Balaban J connectivity index is 1.35. The number of ether oxygens (including phenoxy) is 2. The van der Waals surface area contributed by atoms with Crippen molar-refractivity contribution in [1.82, 2.24) is 0 Å². The fourth-order valence-electron chi connectivity index (χ4n) is 4.11. The van der Waals surface area contributed by atoms with E-state index in [0.29, 0.717) is 12.7 Å². The van der Waals surface area contributed by atoms with Crippen LogP contribution in [0.15, 0.2) is 72.8 Å². The maximum absolute atomic E-state index is 6.28. The van der Waals surface area contributed by atoms with Gasteiger partial charge in [0.05, 0.1) is 6.10 Å². The normalized spacial score (nSPS) is 15.3. The molecule has 4 rings (SSSR count). The quantitative estimate of drug-likeness (QED) is 0.344. The Morgan fingerprint density at radius 3 is 2.47 bits per heavy atom. The molecule has 156 valence electrons. The van der Waals surface area contributed by atoms with Crippen LogP contribution in [-0.4, -0.2) is 6.10 Å². The Labute approximate surface area is 180 Å². The summed E-state index contributed by atoms with van der Waals surface area (Å²) in [4.78, 5) is 0. The third-order valence-electron chi connectivity index (χ3n) is 5.91. The first-order valence-corrected chi connectivity index (χ1v) is 11.4. The zero-order valence-electron chi connectivity index (χ0n) is 18.0. The van der Waals surface area contributed by atoms with Crippen molar-refractivity contribution in [2.24, 2.45) is 0 Å². The van der Waals surface area contributed by atoms with Gasteiger partial charge in [-0.05, 0) is 72.2 Å². The van der Waals surface area contributed by atoms with E-state index in [2.05, 4.69) is 61.5 Å². The van der Waals surface area contributed by atoms with Gasteiger partial charge in [0.1, 0.15) is 18.1 Å². The largest absolute Gasteiger partial charge is 0.490 e. The Morgan fingerprint density at radius 2 is 1.67 bits per heavy atom. The SMILES string of the molecule is CCCCCCC1CCc2cc(-c3ccc(OCc4ccccc4)cc3)ccc2O1. The molecule has 30 heavy (non-hydrogen) atoms. The van der Waals surface area contributed by atoms with E-state index in [0.717, 1.165) is 24.3 Å². The number of fused-ring (bicyclic) bond motifs is 1. The summed E-state index contributed by atoms with van der Waals surface area (Å²) in [5, 5.41) is 0. The van der Waals surface area contributed by atoms with Crippen LogP contribution in [0.1, 0.15) is 56.6 Å². The predicted molar refractivity (Wildman–Crippen MR) is 124 cm³/mol. The molecule has 0 amide bonds. The van der Waals surface area contributed by atoms with E-state index in [1.807, 2.05) is 18.2 Å². The third kappa shape index (κ3) is 5.44. The van der Waals surface area contributed by atoms with Crippen LogP contribution in [0, 0.1) is 0 Å². The molecular weight excluding hydrogens is 368 g/mol. The zero-order chi connectivity index (χ0) is 20.6. The number of rotatable bonds is 9. The summed E-state index contributed by atoms with van der Waals surface area (Å²) in [6.07, 6.45) is 9.05. The lowest BCUT2D eigenvalue weighted by atomic mass is 9.95. The molecule has 0 spiro atoms. The first-order chi connectivity index (χ1) is 14.8. The van der Waals surface area contributed by atoms with Gasteiger partial charge in [0.15, 0.2) is 0 Å². The van der Waals surface area contributed by atoms with E-state index in [4.69, 9.17) is 9.47 Å². The van der Waals surface area contributed by atoms with E-state index in [1.165, 1.54) is 54.4 Å². The Morgan fingerprint density at radius 1 is 0.867 bits per heavy atom. The van der Waals surface area contributed by atoms with Crippen molar-refractivity contribution in [1.29, 1.82) is 0 Å². The van der Waals surface area contributed by atoms with E-state index < -0.39 is 0 Å². The molecule has 0 N–H and O–H groups in total.